The Kier molecular flexibility index (Phi) is 7.23. The lowest BCUT2D eigenvalue weighted by Gasteiger charge is -2.05. The van der Waals surface area contributed by atoms with Crippen molar-refractivity contribution in [3.63, 3.8) is 0 Å². The first kappa shape index (κ1) is 23.1. The van der Waals surface area contributed by atoms with Gasteiger partial charge in [0, 0.05) is 37.2 Å². The van der Waals surface area contributed by atoms with Crippen LogP contribution in [0, 0.1) is 12.7 Å². The minimum atomic E-state index is -0.579. The molecule has 174 valence electrons. The van der Waals surface area contributed by atoms with E-state index in [1.54, 1.807) is 42.3 Å². The van der Waals surface area contributed by atoms with E-state index in [2.05, 4.69) is 25.7 Å². The van der Waals surface area contributed by atoms with Gasteiger partial charge in [-0.3, -0.25) is 14.5 Å². The standard InChI is InChI=1S/C23H21FN6O3S/c1-15-22(33-23(32)27-14-16-3-2-9-25-13-16)34-21(28-15)19-8-11-30(29-19)12-10-26-20(31)17-4-6-18(24)7-5-17/h2-9,11,13H,10,12,14H2,1H3,(H,26,31)(H,27,32). The van der Waals surface area contributed by atoms with Gasteiger partial charge in [0.1, 0.15) is 16.5 Å². The molecule has 3 heterocycles. The van der Waals surface area contributed by atoms with E-state index in [4.69, 9.17) is 4.74 Å². The maximum Gasteiger partial charge on any atom is 0.413 e. The molecule has 4 aromatic rings. The number of hydrogen-bond acceptors (Lipinski definition) is 7. The molecule has 0 aliphatic carbocycles. The van der Waals surface area contributed by atoms with E-state index < -0.39 is 11.9 Å². The third-order valence-corrected chi connectivity index (χ3v) is 5.75. The van der Waals surface area contributed by atoms with E-state index in [0.29, 0.717) is 46.7 Å². The fourth-order valence-corrected chi connectivity index (χ4v) is 3.85. The highest BCUT2D eigenvalue weighted by atomic mass is 32.1. The lowest BCUT2D eigenvalue weighted by molar-refractivity contribution is 0.0952. The zero-order valence-electron chi connectivity index (χ0n) is 18.2. The van der Waals surface area contributed by atoms with Crippen molar-refractivity contribution in [2.45, 2.75) is 20.0 Å². The highest BCUT2D eigenvalue weighted by Gasteiger charge is 2.16. The van der Waals surface area contributed by atoms with Crippen molar-refractivity contribution in [3.05, 3.63) is 83.7 Å². The molecule has 0 aliphatic heterocycles. The number of nitrogens with zero attached hydrogens (tertiary/aromatic N) is 4. The molecule has 0 aliphatic rings. The van der Waals surface area contributed by atoms with Gasteiger partial charge in [0.2, 0.25) is 5.06 Å². The van der Waals surface area contributed by atoms with Crippen LogP contribution in [0.15, 0.2) is 61.1 Å². The summed E-state index contributed by atoms with van der Waals surface area (Å²) in [7, 11) is 0. The van der Waals surface area contributed by atoms with Crippen molar-refractivity contribution < 1.29 is 18.7 Å². The van der Waals surface area contributed by atoms with Crippen LogP contribution in [-0.4, -0.2) is 38.3 Å². The molecule has 0 fully saturated rings. The van der Waals surface area contributed by atoms with Gasteiger partial charge in [-0.05, 0) is 48.9 Å². The Hall–Kier alpha value is -4.12. The van der Waals surface area contributed by atoms with Gasteiger partial charge in [-0.2, -0.15) is 5.10 Å². The van der Waals surface area contributed by atoms with Crippen molar-refractivity contribution in [3.8, 4) is 15.8 Å². The maximum absolute atomic E-state index is 13.0. The molecular formula is C23H21FN6O3S. The normalized spacial score (nSPS) is 10.6. The van der Waals surface area contributed by atoms with Crippen LogP contribution in [0.5, 0.6) is 5.06 Å². The van der Waals surface area contributed by atoms with E-state index in [1.807, 2.05) is 6.07 Å². The molecule has 0 atom stereocenters. The number of hydrogen-bond donors (Lipinski definition) is 2. The Labute approximate surface area is 198 Å². The zero-order chi connectivity index (χ0) is 23.9. The number of nitrogens with one attached hydrogen (secondary N) is 2. The van der Waals surface area contributed by atoms with E-state index in [1.165, 1.54) is 35.6 Å². The van der Waals surface area contributed by atoms with Crippen molar-refractivity contribution in [2.24, 2.45) is 0 Å². The number of pyridine rings is 1. The summed E-state index contributed by atoms with van der Waals surface area (Å²) in [5.41, 5.74) is 2.46. The molecule has 1 aromatic carbocycles. The summed E-state index contributed by atoms with van der Waals surface area (Å²) < 4.78 is 20.1. The molecule has 0 unspecified atom stereocenters. The molecule has 0 bridgehead atoms. The first-order valence-electron chi connectivity index (χ1n) is 10.4. The summed E-state index contributed by atoms with van der Waals surface area (Å²) >= 11 is 1.22. The van der Waals surface area contributed by atoms with Crippen molar-refractivity contribution in [2.75, 3.05) is 6.54 Å². The van der Waals surface area contributed by atoms with Crippen molar-refractivity contribution in [1.29, 1.82) is 0 Å². The molecule has 4 rings (SSSR count). The van der Waals surface area contributed by atoms with E-state index >= 15 is 0 Å². The average molecular weight is 481 g/mol. The van der Waals surface area contributed by atoms with Crippen LogP contribution in [0.3, 0.4) is 0 Å². The molecule has 3 aromatic heterocycles. The Balaban J connectivity index is 1.29. The zero-order valence-corrected chi connectivity index (χ0v) is 19.0. The van der Waals surface area contributed by atoms with Gasteiger partial charge in [-0.1, -0.05) is 17.4 Å². The summed E-state index contributed by atoms with van der Waals surface area (Å²) in [6.45, 7) is 2.85. The molecule has 2 N–H and O–H groups in total. The summed E-state index contributed by atoms with van der Waals surface area (Å²) in [6.07, 6.45) is 4.53. The van der Waals surface area contributed by atoms with Crippen LogP contribution in [-0.2, 0) is 13.1 Å². The molecular weight excluding hydrogens is 459 g/mol. The average Bonchev–Trinajstić information content (AvgIpc) is 3.45. The SMILES string of the molecule is Cc1nc(-c2ccn(CCNC(=O)c3ccc(F)cc3)n2)sc1OC(=O)NCc1cccnc1. The second-order valence-electron chi connectivity index (χ2n) is 7.22. The number of ether oxygens (including phenoxy) is 1. The number of benzene rings is 1. The fraction of sp³-hybridized carbons (Fsp3) is 0.174. The van der Waals surface area contributed by atoms with Gasteiger partial charge in [0.15, 0.2) is 0 Å². The van der Waals surface area contributed by atoms with Crippen LogP contribution >= 0.6 is 11.3 Å². The van der Waals surface area contributed by atoms with Gasteiger partial charge in [-0.15, -0.1) is 0 Å². The molecule has 0 spiro atoms. The van der Waals surface area contributed by atoms with Crippen LogP contribution in [0.25, 0.3) is 10.7 Å². The van der Waals surface area contributed by atoms with Crippen LogP contribution in [0.2, 0.25) is 0 Å². The van der Waals surface area contributed by atoms with Gasteiger partial charge in [0.25, 0.3) is 5.91 Å². The largest absolute Gasteiger partial charge is 0.413 e. The van der Waals surface area contributed by atoms with Gasteiger partial charge >= 0.3 is 6.09 Å². The smallest absolute Gasteiger partial charge is 0.397 e. The molecule has 2 amide bonds. The minimum absolute atomic E-state index is 0.286. The predicted octanol–water partition coefficient (Wildman–Crippen LogP) is 3.57. The quantitative estimate of drug-likeness (QED) is 0.399. The predicted molar refractivity (Wildman–Crippen MR) is 124 cm³/mol. The fourth-order valence-electron chi connectivity index (χ4n) is 2.97. The van der Waals surface area contributed by atoms with E-state index in [0.717, 1.165) is 5.56 Å². The lowest BCUT2D eigenvalue weighted by Crippen LogP contribution is -2.27. The number of thiazole rings is 1. The summed E-state index contributed by atoms with van der Waals surface area (Å²) in [5, 5.41) is 10.9. The summed E-state index contributed by atoms with van der Waals surface area (Å²) in [6, 6.07) is 10.8. The Morgan fingerprint density at radius 2 is 1.97 bits per heavy atom. The molecule has 0 saturated carbocycles. The third kappa shape index (κ3) is 6.01. The van der Waals surface area contributed by atoms with Crippen LogP contribution < -0.4 is 15.4 Å². The number of aryl methyl sites for hydroxylation is 1. The van der Waals surface area contributed by atoms with Gasteiger partial charge in [-0.25, -0.2) is 14.2 Å². The highest BCUT2D eigenvalue weighted by molar-refractivity contribution is 7.17. The molecule has 0 radical (unpaired) electrons. The Morgan fingerprint density at radius 1 is 1.15 bits per heavy atom. The number of carbonyl (C=O) groups excluding carboxylic acids is 2. The maximum atomic E-state index is 13.0. The van der Waals surface area contributed by atoms with E-state index in [9.17, 15) is 14.0 Å². The van der Waals surface area contributed by atoms with Gasteiger partial charge in [0.05, 0.1) is 12.2 Å². The van der Waals surface area contributed by atoms with Crippen molar-refractivity contribution >= 4 is 23.3 Å². The molecule has 9 nitrogen and oxygen atoms in total. The number of carbonyl (C=O) groups is 2. The monoisotopic (exact) mass is 480 g/mol. The Morgan fingerprint density at radius 3 is 2.74 bits per heavy atom. The first-order valence-corrected chi connectivity index (χ1v) is 11.2. The van der Waals surface area contributed by atoms with Crippen LogP contribution in [0.1, 0.15) is 21.6 Å². The molecule has 34 heavy (non-hydrogen) atoms. The van der Waals surface area contributed by atoms with Crippen LogP contribution in [0.4, 0.5) is 9.18 Å². The number of amides is 2. The van der Waals surface area contributed by atoms with Gasteiger partial charge < -0.3 is 15.4 Å². The minimum Gasteiger partial charge on any atom is -0.397 e. The molecule has 0 saturated heterocycles. The van der Waals surface area contributed by atoms with Crippen molar-refractivity contribution in [1.82, 2.24) is 30.4 Å². The third-order valence-electron chi connectivity index (χ3n) is 4.69. The number of rotatable bonds is 8. The highest BCUT2D eigenvalue weighted by Crippen LogP contribution is 2.32. The number of halogens is 1. The number of aromatic nitrogens is 4. The summed E-state index contributed by atoms with van der Waals surface area (Å²) in [4.78, 5) is 32.7. The molecule has 11 heteroatoms. The Bertz CT molecular complexity index is 1270. The summed E-state index contributed by atoms with van der Waals surface area (Å²) in [5.74, 6) is -0.677. The second kappa shape index (κ2) is 10.7. The first-order chi connectivity index (χ1) is 16.5. The topological polar surface area (TPSA) is 111 Å². The second-order valence-corrected chi connectivity index (χ2v) is 8.18. The lowest BCUT2D eigenvalue weighted by atomic mass is 10.2. The van der Waals surface area contributed by atoms with E-state index in [-0.39, 0.29) is 5.91 Å².